The lowest BCUT2D eigenvalue weighted by Crippen LogP contribution is -2.06. The summed E-state index contributed by atoms with van der Waals surface area (Å²) in [6.45, 7) is 2.08. The highest BCUT2D eigenvalue weighted by molar-refractivity contribution is 5.55. The van der Waals surface area contributed by atoms with E-state index in [1.165, 1.54) is 12.7 Å². The number of hydrogen-bond donors (Lipinski definition) is 2. The third-order valence-corrected chi connectivity index (χ3v) is 2.86. The molecule has 18 heavy (non-hydrogen) atoms. The van der Waals surface area contributed by atoms with Crippen molar-refractivity contribution in [3.8, 4) is 11.5 Å². The first-order valence-corrected chi connectivity index (χ1v) is 5.89. The van der Waals surface area contributed by atoms with Crippen LogP contribution in [0.15, 0.2) is 48.5 Å². The highest BCUT2D eigenvalue weighted by atomic mass is 16.5. The van der Waals surface area contributed by atoms with E-state index < -0.39 is 0 Å². The fraction of sp³-hybridized carbons (Fsp3) is 0.200. The zero-order valence-corrected chi connectivity index (χ0v) is 10.6. The zero-order chi connectivity index (χ0) is 13.0. The van der Waals surface area contributed by atoms with E-state index in [2.05, 4.69) is 24.4 Å². The molecule has 0 saturated heterocycles. The second kappa shape index (κ2) is 5.45. The molecule has 0 radical (unpaired) electrons. The normalized spacial score (nSPS) is 11.9. The molecule has 3 nitrogen and oxygen atoms in total. The Labute approximate surface area is 107 Å². The summed E-state index contributed by atoms with van der Waals surface area (Å²) in [5.41, 5.74) is 2.07. The molecule has 0 spiro atoms. The van der Waals surface area contributed by atoms with E-state index in [0.29, 0.717) is 5.75 Å². The molecule has 0 fully saturated rings. The SMILES string of the molecule is COc1ccc(NC(C)c2ccccc2)cc1O. The molecular formula is C15H17NO2. The third-order valence-electron chi connectivity index (χ3n) is 2.86. The van der Waals surface area contributed by atoms with Gasteiger partial charge in [0, 0.05) is 17.8 Å². The average molecular weight is 243 g/mol. The molecule has 0 amide bonds. The van der Waals surface area contributed by atoms with Gasteiger partial charge in [0.25, 0.3) is 0 Å². The van der Waals surface area contributed by atoms with Crippen molar-refractivity contribution in [3.63, 3.8) is 0 Å². The van der Waals surface area contributed by atoms with E-state index in [-0.39, 0.29) is 11.8 Å². The van der Waals surface area contributed by atoms with Gasteiger partial charge in [0.05, 0.1) is 7.11 Å². The van der Waals surface area contributed by atoms with Crippen molar-refractivity contribution in [2.45, 2.75) is 13.0 Å². The fourth-order valence-corrected chi connectivity index (χ4v) is 1.85. The molecule has 0 aromatic heterocycles. The lowest BCUT2D eigenvalue weighted by Gasteiger charge is -2.16. The van der Waals surface area contributed by atoms with Gasteiger partial charge in [-0.05, 0) is 24.6 Å². The molecule has 3 heteroatoms. The Morgan fingerprint density at radius 2 is 1.83 bits per heavy atom. The minimum atomic E-state index is 0.141. The van der Waals surface area contributed by atoms with Gasteiger partial charge in [0.1, 0.15) is 0 Å². The van der Waals surface area contributed by atoms with Crippen LogP contribution in [0.4, 0.5) is 5.69 Å². The van der Waals surface area contributed by atoms with Gasteiger partial charge in [0.15, 0.2) is 11.5 Å². The highest BCUT2D eigenvalue weighted by Crippen LogP contribution is 2.30. The van der Waals surface area contributed by atoms with Gasteiger partial charge in [-0.3, -0.25) is 0 Å². The molecule has 2 aromatic carbocycles. The van der Waals surface area contributed by atoms with Crippen molar-refractivity contribution in [2.75, 3.05) is 12.4 Å². The summed E-state index contributed by atoms with van der Waals surface area (Å²) in [7, 11) is 1.54. The van der Waals surface area contributed by atoms with Crippen LogP contribution in [0.1, 0.15) is 18.5 Å². The van der Waals surface area contributed by atoms with Gasteiger partial charge in [0.2, 0.25) is 0 Å². The molecule has 0 aliphatic carbocycles. The molecule has 1 atom stereocenters. The molecule has 0 saturated carbocycles. The third kappa shape index (κ3) is 2.74. The van der Waals surface area contributed by atoms with E-state index in [1.54, 1.807) is 12.1 Å². The van der Waals surface area contributed by atoms with Crippen molar-refractivity contribution >= 4 is 5.69 Å². The first-order chi connectivity index (χ1) is 8.70. The molecule has 1 unspecified atom stereocenters. The quantitative estimate of drug-likeness (QED) is 0.862. The number of benzene rings is 2. The van der Waals surface area contributed by atoms with Crippen molar-refractivity contribution in [2.24, 2.45) is 0 Å². The highest BCUT2D eigenvalue weighted by Gasteiger charge is 2.07. The minimum Gasteiger partial charge on any atom is -0.504 e. The number of rotatable bonds is 4. The maximum Gasteiger partial charge on any atom is 0.160 e. The van der Waals surface area contributed by atoms with Crippen LogP contribution in [0.3, 0.4) is 0 Å². The van der Waals surface area contributed by atoms with Gasteiger partial charge < -0.3 is 15.2 Å². The maximum atomic E-state index is 9.71. The summed E-state index contributed by atoms with van der Waals surface area (Å²) in [6.07, 6.45) is 0. The predicted octanol–water partition coefficient (Wildman–Crippen LogP) is 3.57. The number of methoxy groups -OCH3 is 1. The van der Waals surface area contributed by atoms with Crippen LogP contribution >= 0.6 is 0 Å². The van der Waals surface area contributed by atoms with E-state index in [9.17, 15) is 5.11 Å². The van der Waals surface area contributed by atoms with E-state index >= 15 is 0 Å². The topological polar surface area (TPSA) is 41.5 Å². The Hall–Kier alpha value is -2.16. The minimum absolute atomic E-state index is 0.141. The van der Waals surface area contributed by atoms with Crippen molar-refractivity contribution < 1.29 is 9.84 Å². The largest absolute Gasteiger partial charge is 0.504 e. The molecule has 0 heterocycles. The molecule has 2 rings (SSSR count). The Bertz CT molecular complexity index is 511. The molecule has 0 aliphatic rings. The second-order valence-electron chi connectivity index (χ2n) is 4.16. The molecule has 2 aromatic rings. The van der Waals surface area contributed by atoms with Crippen LogP contribution in [0.5, 0.6) is 11.5 Å². The summed E-state index contributed by atoms with van der Waals surface area (Å²) in [4.78, 5) is 0. The maximum absolute atomic E-state index is 9.71. The van der Waals surface area contributed by atoms with Crippen LogP contribution in [0.2, 0.25) is 0 Å². The number of anilines is 1. The van der Waals surface area contributed by atoms with Gasteiger partial charge in [-0.15, -0.1) is 0 Å². The van der Waals surface area contributed by atoms with Crippen LogP contribution in [-0.2, 0) is 0 Å². The monoisotopic (exact) mass is 243 g/mol. The number of ether oxygens (including phenoxy) is 1. The molecule has 0 aliphatic heterocycles. The van der Waals surface area contributed by atoms with Crippen LogP contribution in [0, 0.1) is 0 Å². The van der Waals surface area contributed by atoms with Gasteiger partial charge in [-0.2, -0.15) is 0 Å². The summed E-state index contributed by atoms with van der Waals surface area (Å²) in [5, 5.41) is 13.0. The van der Waals surface area contributed by atoms with Crippen molar-refractivity contribution in [1.82, 2.24) is 0 Å². The lowest BCUT2D eigenvalue weighted by molar-refractivity contribution is 0.373. The smallest absolute Gasteiger partial charge is 0.160 e. The summed E-state index contributed by atoms with van der Waals surface area (Å²) < 4.78 is 5.01. The molecule has 2 N–H and O–H groups in total. The molecular weight excluding hydrogens is 226 g/mol. The van der Waals surface area contributed by atoms with Crippen LogP contribution in [-0.4, -0.2) is 12.2 Å². The number of phenols is 1. The van der Waals surface area contributed by atoms with Crippen molar-refractivity contribution in [3.05, 3.63) is 54.1 Å². The first-order valence-electron chi connectivity index (χ1n) is 5.89. The Morgan fingerprint density at radius 3 is 2.44 bits per heavy atom. The number of aromatic hydroxyl groups is 1. The Kier molecular flexibility index (Phi) is 3.72. The molecule has 94 valence electrons. The summed E-state index contributed by atoms with van der Waals surface area (Å²) >= 11 is 0. The standard InChI is InChI=1S/C15H17NO2/c1-11(12-6-4-3-5-7-12)16-13-8-9-15(18-2)14(17)10-13/h3-11,16-17H,1-2H3. The number of phenolic OH excluding ortho intramolecular Hbond substituents is 1. The van der Waals surface area contributed by atoms with Crippen LogP contribution in [0.25, 0.3) is 0 Å². The average Bonchev–Trinajstić information content (AvgIpc) is 2.40. The number of nitrogens with one attached hydrogen (secondary N) is 1. The predicted molar refractivity (Wildman–Crippen MR) is 73.1 cm³/mol. The van der Waals surface area contributed by atoms with E-state index in [1.807, 2.05) is 24.3 Å². The van der Waals surface area contributed by atoms with E-state index in [4.69, 9.17) is 4.74 Å². The first kappa shape index (κ1) is 12.3. The van der Waals surface area contributed by atoms with Crippen LogP contribution < -0.4 is 10.1 Å². The Balaban J connectivity index is 2.12. The summed E-state index contributed by atoms with van der Waals surface area (Å²) in [6, 6.07) is 15.6. The summed E-state index contributed by atoms with van der Waals surface area (Å²) in [5.74, 6) is 0.621. The molecule has 0 bridgehead atoms. The number of hydrogen-bond acceptors (Lipinski definition) is 3. The van der Waals surface area contributed by atoms with Gasteiger partial charge >= 0.3 is 0 Å². The Morgan fingerprint density at radius 1 is 1.11 bits per heavy atom. The van der Waals surface area contributed by atoms with E-state index in [0.717, 1.165) is 5.69 Å². The zero-order valence-electron chi connectivity index (χ0n) is 10.6. The van der Waals surface area contributed by atoms with Gasteiger partial charge in [-0.1, -0.05) is 30.3 Å². The lowest BCUT2D eigenvalue weighted by atomic mass is 10.1. The van der Waals surface area contributed by atoms with Gasteiger partial charge in [-0.25, -0.2) is 0 Å². The second-order valence-corrected chi connectivity index (χ2v) is 4.16. The van der Waals surface area contributed by atoms with Crippen molar-refractivity contribution in [1.29, 1.82) is 0 Å². The fourth-order valence-electron chi connectivity index (χ4n) is 1.85.